The van der Waals surface area contributed by atoms with Gasteiger partial charge in [0.2, 0.25) is 5.91 Å². The van der Waals surface area contributed by atoms with Gasteiger partial charge >= 0.3 is 0 Å². The second-order valence-corrected chi connectivity index (χ2v) is 7.94. The number of alkyl halides is 1. The lowest BCUT2D eigenvalue weighted by Gasteiger charge is -2.12. The first-order valence-electron chi connectivity index (χ1n) is 10.4. The molecule has 8 nitrogen and oxygen atoms in total. The first-order chi connectivity index (χ1) is 15.5. The minimum atomic E-state index is -1.06. The van der Waals surface area contributed by atoms with Crippen LogP contribution in [0.1, 0.15) is 31.0 Å². The van der Waals surface area contributed by atoms with Crippen LogP contribution in [0.2, 0.25) is 0 Å². The molecule has 0 spiro atoms. The maximum Gasteiger partial charge on any atom is 0.231 e. The summed E-state index contributed by atoms with van der Waals surface area (Å²) in [7, 11) is 0. The van der Waals surface area contributed by atoms with Crippen molar-refractivity contribution in [3.05, 3.63) is 54.2 Å². The number of pyridine rings is 3. The van der Waals surface area contributed by atoms with Crippen molar-refractivity contribution in [1.82, 2.24) is 19.4 Å². The number of hydrogen-bond donors (Lipinski definition) is 2. The van der Waals surface area contributed by atoms with Crippen LogP contribution in [0, 0.1) is 12.8 Å². The van der Waals surface area contributed by atoms with Crippen molar-refractivity contribution in [2.45, 2.75) is 32.9 Å². The Kier molecular flexibility index (Phi) is 4.80. The average molecular weight is 432 g/mol. The van der Waals surface area contributed by atoms with Crippen LogP contribution in [-0.2, 0) is 4.79 Å². The molecule has 2 N–H and O–H groups in total. The number of hydrogen-bond acceptors (Lipinski definition) is 6. The van der Waals surface area contributed by atoms with E-state index in [9.17, 15) is 14.4 Å². The molecule has 4 aromatic rings. The summed E-state index contributed by atoms with van der Waals surface area (Å²) in [6.45, 7) is 3.88. The Balaban J connectivity index is 1.58. The number of halogens is 1. The Morgan fingerprint density at radius 1 is 1.25 bits per heavy atom. The van der Waals surface area contributed by atoms with E-state index < -0.39 is 12.1 Å². The van der Waals surface area contributed by atoms with Gasteiger partial charge in [-0.25, -0.2) is 14.4 Å². The molecule has 0 bridgehead atoms. The molecular weight excluding hydrogens is 411 g/mol. The van der Waals surface area contributed by atoms with Gasteiger partial charge in [0.1, 0.15) is 23.3 Å². The molecule has 162 valence electrons. The summed E-state index contributed by atoms with van der Waals surface area (Å²) in [5, 5.41) is 16.1. The van der Waals surface area contributed by atoms with E-state index in [0.29, 0.717) is 23.6 Å². The molecule has 5 rings (SSSR count). The summed E-state index contributed by atoms with van der Waals surface area (Å²) < 4.78 is 15.1. The van der Waals surface area contributed by atoms with Crippen LogP contribution >= 0.6 is 0 Å². The van der Waals surface area contributed by atoms with Crippen LogP contribution in [0.5, 0.6) is 0 Å². The molecule has 1 amide bonds. The van der Waals surface area contributed by atoms with Crippen LogP contribution in [0.15, 0.2) is 48.1 Å². The number of nitrogens with zero attached hydrogens (tertiary/aromatic N) is 5. The zero-order chi connectivity index (χ0) is 22.4. The summed E-state index contributed by atoms with van der Waals surface area (Å²) in [5.74, 6) is -0.546. The van der Waals surface area contributed by atoms with Crippen molar-refractivity contribution < 1.29 is 14.4 Å². The van der Waals surface area contributed by atoms with Crippen molar-refractivity contribution in [1.29, 1.82) is 0 Å². The Labute approximate surface area is 182 Å². The minimum absolute atomic E-state index is 0.268. The largest absolute Gasteiger partial charge is 0.411 e. The first-order valence-corrected chi connectivity index (χ1v) is 10.4. The van der Waals surface area contributed by atoms with Crippen LogP contribution in [0.4, 0.5) is 10.2 Å². The number of carbonyl (C=O) groups is 1. The highest BCUT2D eigenvalue weighted by molar-refractivity contribution is 6.00. The monoisotopic (exact) mass is 432 g/mol. The van der Waals surface area contributed by atoms with Crippen molar-refractivity contribution in [2.75, 3.05) is 5.32 Å². The van der Waals surface area contributed by atoms with Crippen LogP contribution < -0.4 is 5.32 Å². The van der Waals surface area contributed by atoms with E-state index in [1.807, 2.05) is 36.6 Å². The fourth-order valence-corrected chi connectivity index (χ4v) is 3.91. The van der Waals surface area contributed by atoms with Gasteiger partial charge in [-0.3, -0.25) is 14.2 Å². The molecule has 32 heavy (non-hydrogen) atoms. The van der Waals surface area contributed by atoms with Crippen molar-refractivity contribution in [3.63, 3.8) is 0 Å². The summed E-state index contributed by atoms with van der Waals surface area (Å²) in [6.07, 6.45) is 6.77. The molecule has 0 aliphatic heterocycles. The third-order valence-corrected chi connectivity index (χ3v) is 5.81. The van der Waals surface area contributed by atoms with Gasteiger partial charge in [0.15, 0.2) is 0 Å². The second-order valence-electron chi connectivity index (χ2n) is 7.94. The van der Waals surface area contributed by atoms with Crippen LogP contribution in [-0.4, -0.2) is 42.4 Å². The van der Waals surface area contributed by atoms with Gasteiger partial charge in [-0.15, -0.1) is 0 Å². The zero-order valence-corrected chi connectivity index (χ0v) is 17.6. The zero-order valence-electron chi connectivity index (χ0n) is 17.6. The van der Waals surface area contributed by atoms with E-state index >= 15 is 0 Å². The van der Waals surface area contributed by atoms with Crippen molar-refractivity contribution >= 4 is 34.0 Å². The van der Waals surface area contributed by atoms with Gasteiger partial charge in [-0.1, -0.05) is 12.1 Å². The van der Waals surface area contributed by atoms with Gasteiger partial charge in [0.05, 0.1) is 17.1 Å². The Hall–Kier alpha value is -3.88. The number of imidazole rings is 1. The van der Waals surface area contributed by atoms with Crippen molar-refractivity contribution in [3.8, 4) is 11.1 Å². The maximum absolute atomic E-state index is 13.2. The number of oxime groups is 1. The number of rotatable bonds is 5. The third kappa shape index (κ3) is 3.35. The molecule has 0 unspecified atom stereocenters. The molecule has 1 aliphatic rings. The molecule has 1 aliphatic carbocycles. The molecule has 0 radical (unpaired) electrons. The molecule has 0 saturated heterocycles. The fraction of sp³-hybridized carbons (Fsp3) is 0.261. The standard InChI is InChI=1S/C23H21FN6O2/c1-3-18(29-32)19-6-12(2)16(11-26-19)14-7-13-10-27-21(28-23(31)15-8-17(15)24)9-20(13)30-5-4-25-22(14)30/h4-7,9-11,15,17,32H,3,8H2,1-2H3,(H,27,28,31)/b29-18-/t15-,17+/m1/s1. The lowest BCUT2D eigenvalue weighted by atomic mass is 10.0. The van der Waals surface area contributed by atoms with Gasteiger partial charge in [-0.2, -0.15) is 0 Å². The average Bonchev–Trinajstić information content (AvgIpc) is 3.31. The van der Waals surface area contributed by atoms with Gasteiger partial charge in [-0.05, 0) is 37.5 Å². The highest BCUT2D eigenvalue weighted by Crippen LogP contribution is 2.35. The van der Waals surface area contributed by atoms with Crippen molar-refractivity contribution in [2.24, 2.45) is 11.1 Å². The number of anilines is 1. The second kappa shape index (κ2) is 7.67. The lowest BCUT2D eigenvalue weighted by molar-refractivity contribution is -0.117. The number of aryl methyl sites for hydroxylation is 1. The molecular formula is C23H21FN6O2. The van der Waals surface area contributed by atoms with Crippen LogP contribution in [0.25, 0.3) is 27.7 Å². The molecule has 4 aromatic heterocycles. The quantitative estimate of drug-likeness (QED) is 0.280. The molecule has 9 heteroatoms. The topological polar surface area (TPSA) is 105 Å². The summed E-state index contributed by atoms with van der Waals surface area (Å²) in [4.78, 5) is 25.4. The molecule has 1 saturated carbocycles. The van der Waals surface area contributed by atoms with Crippen LogP contribution in [0.3, 0.4) is 0 Å². The Morgan fingerprint density at radius 2 is 2.06 bits per heavy atom. The number of carbonyl (C=O) groups excluding carboxylic acids is 1. The third-order valence-electron chi connectivity index (χ3n) is 5.81. The molecule has 1 fully saturated rings. The van der Waals surface area contributed by atoms with E-state index in [-0.39, 0.29) is 12.3 Å². The number of nitrogens with one attached hydrogen (secondary N) is 1. The molecule has 4 heterocycles. The normalized spacial score (nSPS) is 18.3. The number of amides is 1. The minimum Gasteiger partial charge on any atom is -0.411 e. The number of fused-ring (bicyclic) bond motifs is 3. The fourth-order valence-electron chi connectivity index (χ4n) is 3.91. The molecule has 2 atom stereocenters. The maximum atomic E-state index is 13.2. The first kappa shape index (κ1) is 20.0. The lowest BCUT2D eigenvalue weighted by Crippen LogP contribution is -2.16. The Bertz CT molecular complexity index is 1400. The van der Waals surface area contributed by atoms with E-state index in [4.69, 9.17) is 0 Å². The summed E-state index contributed by atoms with van der Waals surface area (Å²) >= 11 is 0. The van der Waals surface area contributed by atoms with E-state index in [0.717, 1.165) is 33.2 Å². The van der Waals surface area contributed by atoms with Gasteiger partial charge in [0.25, 0.3) is 0 Å². The number of aromatic nitrogens is 4. The predicted octanol–water partition coefficient (Wildman–Crippen LogP) is 4.14. The van der Waals surface area contributed by atoms with Gasteiger partial charge in [0, 0.05) is 47.4 Å². The summed E-state index contributed by atoms with van der Waals surface area (Å²) in [6, 6.07) is 5.64. The summed E-state index contributed by atoms with van der Waals surface area (Å²) in [5.41, 5.74) is 5.46. The van der Waals surface area contributed by atoms with E-state index in [1.54, 1.807) is 24.7 Å². The SMILES string of the molecule is CC/C(=N/O)c1cc(C)c(-c2cc3cnc(NC(=O)[C@@H]4C[C@@H]4F)cc3n3ccnc23)cn1. The van der Waals surface area contributed by atoms with Gasteiger partial charge < -0.3 is 10.5 Å². The van der Waals surface area contributed by atoms with E-state index in [2.05, 4.69) is 25.4 Å². The smallest absolute Gasteiger partial charge is 0.231 e. The highest BCUT2D eigenvalue weighted by Gasteiger charge is 2.43. The predicted molar refractivity (Wildman–Crippen MR) is 119 cm³/mol. The van der Waals surface area contributed by atoms with E-state index in [1.165, 1.54) is 0 Å². The Morgan fingerprint density at radius 3 is 2.75 bits per heavy atom. The highest BCUT2D eigenvalue weighted by atomic mass is 19.1. The molecule has 0 aromatic carbocycles.